The van der Waals surface area contributed by atoms with Crippen molar-refractivity contribution in [1.29, 1.82) is 0 Å². The zero-order chi connectivity index (χ0) is 23.0. The van der Waals surface area contributed by atoms with Gasteiger partial charge in [0.2, 0.25) is 11.5 Å². The van der Waals surface area contributed by atoms with Crippen molar-refractivity contribution < 1.29 is 32.2 Å². The molecule has 3 aromatic rings. The van der Waals surface area contributed by atoms with E-state index in [9.17, 15) is 23.1 Å². The summed E-state index contributed by atoms with van der Waals surface area (Å²) < 4.78 is 50.8. The molecule has 3 rings (SSSR count). The number of carbonyl (C=O) groups is 1. The van der Waals surface area contributed by atoms with Crippen LogP contribution in [-0.2, 0) is 16.8 Å². The smallest absolute Gasteiger partial charge is 0.426 e. The SMILES string of the molecule is CCOC(=O)c1sc2cc(Cc3nnc(C(O)(CC)C(F)(F)F)o3)ccc2c1C(C)C. The van der Waals surface area contributed by atoms with Crippen LogP contribution in [-0.4, -0.2) is 34.1 Å². The maximum absolute atomic E-state index is 13.2. The van der Waals surface area contributed by atoms with Gasteiger partial charge in [-0.05, 0) is 41.8 Å². The van der Waals surface area contributed by atoms with Gasteiger partial charge >= 0.3 is 12.1 Å². The zero-order valence-corrected chi connectivity index (χ0v) is 18.4. The number of aliphatic hydroxyl groups is 1. The first-order chi connectivity index (χ1) is 14.5. The molecule has 1 atom stereocenters. The Morgan fingerprint density at radius 2 is 1.97 bits per heavy atom. The van der Waals surface area contributed by atoms with E-state index < -0.39 is 24.1 Å². The van der Waals surface area contributed by atoms with E-state index in [0.717, 1.165) is 21.2 Å². The second-order valence-electron chi connectivity index (χ2n) is 7.44. The number of carbonyl (C=O) groups excluding carboxylic acids is 1. The van der Waals surface area contributed by atoms with Gasteiger partial charge in [-0.2, -0.15) is 13.2 Å². The number of fused-ring (bicyclic) bond motifs is 1. The van der Waals surface area contributed by atoms with Crippen LogP contribution in [0.1, 0.15) is 72.6 Å². The number of esters is 1. The van der Waals surface area contributed by atoms with E-state index in [1.807, 2.05) is 26.0 Å². The van der Waals surface area contributed by atoms with Gasteiger partial charge in [-0.15, -0.1) is 21.5 Å². The molecule has 0 saturated carbocycles. The van der Waals surface area contributed by atoms with Gasteiger partial charge in [0.15, 0.2) is 0 Å². The number of halogens is 3. The zero-order valence-electron chi connectivity index (χ0n) is 17.5. The lowest BCUT2D eigenvalue weighted by atomic mass is 9.98. The van der Waals surface area contributed by atoms with Gasteiger partial charge in [0.25, 0.3) is 5.89 Å². The van der Waals surface area contributed by atoms with Crippen LogP contribution in [0.4, 0.5) is 13.2 Å². The normalized spacial score (nSPS) is 14.2. The van der Waals surface area contributed by atoms with Crippen molar-refractivity contribution in [3.8, 4) is 0 Å². The van der Waals surface area contributed by atoms with E-state index >= 15 is 0 Å². The Morgan fingerprint density at radius 1 is 1.26 bits per heavy atom. The molecule has 2 heterocycles. The highest BCUT2D eigenvalue weighted by molar-refractivity contribution is 7.21. The number of nitrogens with zero attached hydrogens (tertiary/aromatic N) is 2. The molecule has 6 nitrogen and oxygen atoms in total. The van der Waals surface area contributed by atoms with Crippen LogP contribution in [0.2, 0.25) is 0 Å². The van der Waals surface area contributed by atoms with Crippen LogP contribution in [0.15, 0.2) is 22.6 Å². The van der Waals surface area contributed by atoms with Crippen molar-refractivity contribution in [1.82, 2.24) is 10.2 Å². The molecule has 0 radical (unpaired) electrons. The molecule has 0 spiro atoms. The summed E-state index contributed by atoms with van der Waals surface area (Å²) in [6.45, 7) is 7.20. The number of benzene rings is 1. The number of ether oxygens (including phenoxy) is 1. The molecule has 0 aliphatic carbocycles. The summed E-state index contributed by atoms with van der Waals surface area (Å²) in [5.74, 6) is -1.19. The summed E-state index contributed by atoms with van der Waals surface area (Å²) >= 11 is 1.31. The average molecular weight is 456 g/mol. The van der Waals surface area contributed by atoms with Crippen molar-refractivity contribution in [2.24, 2.45) is 0 Å². The number of aromatic nitrogens is 2. The monoisotopic (exact) mass is 456 g/mol. The molecule has 0 amide bonds. The largest absolute Gasteiger partial charge is 0.462 e. The average Bonchev–Trinajstić information content (AvgIpc) is 3.31. The fraction of sp³-hybridized carbons (Fsp3) is 0.476. The molecule has 2 aromatic heterocycles. The summed E-state index contributed by atoms with van der Waals surface area (Å²) in [4.78, 5) is 12.9. The maximum Gasteiger partial charge on any atom is 0.426 e. The van der Waals surface area contributed by atoms with E-state index in [4.69, 9.17) is 9.15 Å². The highest BCUT2D eigenvalue weighted by atomic mass is 32.1. The van der Waals surface area contributed by atoms with E-state index in [1.54, 1.807) is 13.0 Å². The first-order valence-corrected chi connectivity index (χ1v) is 10.7. The Morgan fingerprint density at radius 3 is 2.55 bits per heavy atom. The number of hydrogen-bond donors (Lipinski definition) is 1. The third-order valence-electron chi connectivity index (χ3n) is 4.99. The molecule has 168 valence electrons. The third kappa shape index (κ3) is 4.31. The van der Waals surface area contributed by atoms with Crippen LogP contribution >= 0.6 is 11.3 Å². The molecule has 0 fully saturated rings. The highest BCUT2D eigenvalue weighted by Gasteiger charge is 2.57. The molecule has 1 aromatic carbocycles. The van der Waals surface area contributed by atoms with Gasteiger partial charge < -0.3 is 14.3 Å². The fourth-order valence-corrected chi connectivity index (χ4v) is 4.65. The van der Waals surface area contributed by atoms with E-state index in [2.05, 4.69) is 10.2 Å². The minimum Gasteiger partial charge on any atom is -0.462 e. The van der Waals surface area contributed by atoms with Crippen LogP contribution in [0.5, 0.6) is 0 Å². The Bertz CT molecular complexity index is 1090. The molecule has 0 saturated heterocycles. The van der Waals surface area contributed by atoms with Crippen LogP contribution in [0.25, 0.3) is 10.1 Å². The van der Waals surface area contributed by atoms with Crippen molar-refractivity contribution >= 4 is 27.4 Å². The molecule has 1 N–H and O–H groups in total. The second kappa shape index (κ2) is 8.58. The summed E-state index contributed by atoms with van der Waals surface area (Å²) in [5, 5.41) is 18.0. The Balaban J connectivity index is 1.93. The molecule has 1 unspecified atom stereocenters. The van der Waals surface area contributed by atoms with Gasteiger partial charge in [-0.1, -0.05) is 32.9 Å². The van der Waals surface area contributed by atoms with E-state index in [-0.39, 0.29) is 30.8 Å². The Kier molecular flexibility index (Phi) is 6.43. The molecule has 31 heavy (non-hydrogen) atoms. The topological polar surface area (TPSA) is 85.5 Å². The fourth-order valence-electron chi connectivity index (χ4n) is 3.33. The summed E-state index contributed by atoms with van der Waals surface area (Å²) in [6, 6.07) is 5.51. The van der Waals surface area contributed by atoms with Crippen LogP contribution in [0.3, 0.4) is 0 Å². The minimum atomic E-state index is -4.93. The van der Waals surface area contributed by atoms with Crippen molar-refractivity contribution in [2.75, 3.05) is 6.61 Å². The lowest BCUT2D eigenvalue weighted by Gasteiger charge is -2.25. The lowest BCUT2D eigenvalue weighted by molar-refractivity contribution is -0.275. The lowest BCUT2D eigenvalue weighted by Crippen LogP contribution is -2.42. The number of rotatable bonds is 7. The quantitative estimate of drug-likeness (QED) is 0.484. The summed E-state index contributed by atoms with van der Waals surface area (Å²) in [7, 11) is 0. The molecule has 0 aliphatic heterocycles. The summed E-state index contributed by atoms with van der Waals surface area (Å²) in [5.41, 5.74) is -1.55. The molecular weight excluding hydrogens is 433 g/mol. The van der Waals surface area contributed by atoms with Crippen molar-refractivity contribution in [2.45, 2.75) is 58.2 Å². The standard InChI is InChI=1S/C21H23F3N2O4S/c1-5-20(28,21(22,23)24)19-26-25-15(30-19)10-12-7-8-13-14(9-12)31-17(16(13)11(3)4)18(27)29-6-2/h7-9,11,28H,5-6,10H2,1-4H3. The van der Waals surface area contributed by atoms with Crippen LogP contribution < -0.4 is 0 Å². The van der Waals surface area contributed by atoms with Gasteiger partial charge in [0.05, 0.1) is 13.0 Å². The minimum absolute atomic E-state index is 0.0447. The van der Waals surface area contributed by atoms with Crippen molar-refractivity contribution in [3.05, 3.63) is 46.0 Å². The first kappa shape index (κ1) is 23.2. The molecule has 10 heteroatoms. The molecule has 0 bridgehead atoms. The molecule has 0 aliphatic rings. The van der Waals surface area contributed by atoms with Gasteiger partial charge in [-0.3, -0.25) is 0 Å². The Labute approximate surface area is 181 Å². The van der Waals surface area contributed by atoms with E-state index in [1.165, 1.54) is 18.3 Å². The molecular formula is C21H23F3N2O4S. The second-order valence-corrected chi connectivity index (χ2v) is 8.49. The first-order valence-electron chi connectivity index (χ1n) is 9.86. The van der Waals surface area contributed by atoms with Crippen LogP contribution in [0, 0.1) is 0 Å². The Hall–Kier alpha value is -2.46. The number of hydrogen-bond acceptors (Lipinski definition) is 7. The van der Waals surface area contributed by atoms with Gasteiger partial charge in [0, 0.05) is 4.70 Å². The highest BCUT2D eigenvalue weighted by Crippen LogP contribution is 2.41. The predicted octanol–water partition coefficient (Wildman–Crippen LogP) is 5.34. The van der Waals surface area contributed by atoms with Crippen molar-refractivity contribution in [3.63, 3.8) is 0 Å². The number of alkyl halides is 3. The number of thiophene rings is 1. The summed E-state index contributed by atoms with van der Waals surface area (Å²) in [6.07, 6.45) is -5.49. The van der Waals surface area contributed by atoms with Gasteiger partial charge in [0.1, 0.15) is 4.88 Å². The van der Waals surface area contributed by atoms with E-state index in [0.29, 0.717) is 4.88 Å². The third-order valence-corrected chi connectivity index (χ3v) is 6.14. The maximum atomic E-state index is 13.2. The van der Waals surface area contributed by atoms with Gasteiger partial charge in [-0.25, -0.2) is 4.79 Å². The predicted molar refractivity (Wildman–Crippen MR) is 109 cm³/mol.